The molecular weight excluding hydrogens is 421 g/mol. The van der Waals surface area contributed by atoms with Crippen LogP contribution in [0, 0.1) is 5.82 Å². The Morgan fingerprint density at radius 2 is 2.03 bits per heavy atom. The predicted molar refractivity (Wildman–Crippen MR) is 126 cm³/mol. The van der Waals surface area contributed by atoms with E-state index in [2.05, 4.69) is 26.2 Å². The molecule has 0 saturated heterocycles. The number of fused-ring (bicyclic) bond motifs is 1. The third kappa shape index (κ3) is 3.92. The topological polar surface area (TPSA) is 101 Å². The molecule has 4 N–H and O–H groups in total. The number of phenolic OH excluding ortho intramolecular Hbond substituents is 1. The lowest BCUT2D eigenvalue weighted by atomic mass is 9.96. The summed E-state index contributed by atoms with van der Waals surface area (Å²) in [6, 6.07) is 8.60. The number of imidazole rings is 1. The molecule has 0 atom stereocenters. The van der Waals surface area contributed by atoms with E-state index in [1.165, 1.54) is 0 Å². The van der Waals surface area contributed by atoms with Crippen LogP contribution < -0.4 is 0 Å². The van der Waals surface area contributed by atoms with Crippen LogP contribution in [0.25, 0.3) is 39.1 Å². The molecule has 8 heteroatoms. The summed E-state index contributed by atoms with van der Waals surface area (Å²) < 4.78 is 15.5. The zero-order valence-corrected chi connectivity index (χ0v) is 18.4. The van der Waals surface area contributed by atoms with Gasteiger partial charge in [0, 0.05) is 36.8 Å². The number of aryl methyl sites for hydroxylation is 1. The number of aliphatic hydroxyl groups excluding tert-OH is 1. The fraction of sp³-hybridized carbons (Fsp3) is 0.280. The Hall–Kier alpha value is -3.49. The number of aromatic nitrogens is 4. The highest BCUT2D eigenvalue weighted by molar-refractivity contribution is 5.94. The van der Waals surface area contributed by atoms with Gasteiger partial charge in [-0.3, -0.25) is 10.00 Å². The number of aromatic hydroxyl groups is 1. The molecule has 2 aromatic heterocycles. The number of β-amino-alcohol motifs (C(OH)–C–C–N with tert-alkyl or cyclic N) is 1. The molecule has 0 spiro atoms. The number of phenols is 1. The molecule has 0 fully saturated rings. The van der Waals surface area contributed by atoms with Crippen molar-refractivity contribution in [1.29, 1.82) is 0 Å². The van der Waals surface area contributed by atoms with Gasteiger partial charge in [0.25, 0.3) is 0 Å². The number of hydrogen-bond donors (Lipinski definition) is 4. The van der Waals surface area contributed by atoms with Crippen molar-refractivity contribution in [3.8, 4) is 28.4 Å². The molecule has 0 bridgehead atoms. The lowest BCUT2D eigenvalue weighted by Gasteiger charge is -2.24. The SMILES string of the molecule is CCc1cc(O)ccc1-c1ccc2c(-c3nc(C4=CCN(CCO)CC4)c[nH]3)n[nH]c2c1F. The van der Waals surface area contributed by atoms with Crippen LogP contribution in [0.3, 0.4) is 0 Å². The van der Waals surface area contributed by atoms with Crippen LogP contribution in [0.15, 0.2) is 42.6 Å². The maximum Gasteiger partial charge on any atom is 0.159 e. The minimum absolute atomic E-state index is 0.159. The van der Waals surface area contributed by atoms with E-state index in [9.17, 15) is 5.11 Å². The number of hydrogen-bond acceptors (Lipinski definition) is 5. The van der Waals surface area contributed by atoms with E-state index in [-0.39, 0.29) is 18.2 Å². The van der Waals surface area contributed by atoms with Crippen molar-refractivity contribution in [3.05, 3.63) is 59.7 Å². The van der Waals surface area contributed by atoms with Crippen LogP contribution >= 0.6 is 0 Å². The van der Waals surface area contributed by atoms with Crippen LogP contribution in [0.4, 0.5) is 4.39 Å². The number of benzene rings is 2. The van der Waals surface area contributed by atoms with Gasteiger partial charge in [-0.2, -0.15) is 5.10 Å². The van der Waals surface area contributed by atoms with Gasteiger partial charge in [0.1, 0.15) is 17.0 Å². The second kappa shape index (κ2) is 8.80. The average molecular weight is 448 g/mol. The zero-order chi connectivity index (χ0) is 22.9. The molecule has 0 aliphatic carbocycles. The number of rotatable bonds is 6. The van der Waals surface area contributed by atoms with E-state index in [1.54, 1.807) is 24.3 Å². The van der Waals surface area contributed by atoms with Crippen molar-refractivity contribution < 1.29 is 14.6 Å². The largest absolute Gasteiger partial charge is 0.508 e. The summed E-state index contributed by atoms with van der Waals surface area (Å²) in [6.45, 7) is 4.47. The van der Waals surface area contributed by atoms with Gasteiger partial charge in [-0.1, -0.05) is 25.1 Å². The lowest BCUT2D eigenvalue weighted by molar-refractivity contribution is 0.208. The van der Waals surface area contributed by atoms with Crippen LogP contribution in [-0.4, -0.2) is 61.5 Å². The molecule has 5 rings (SSSR count). The highest BCUT2D eigenvalue weighted by Crippen LogP contribution is 2.35. The first-order chi connectivity index (χ1) is 16.1. The summed E-state index contributed by atoms with van der Waals surface area (Å²) in [5.74, 6) is 0.377. The van der Waals surface area contributed by atoms with Gasteiger partial charge in [-0.05, 0) is 47.7 Å². The van der Waals surface area contributed by atoms with Gasteiger partial charge in [0.2, 0.25) is 0 Å². The quantitative estimate of drug-likeness (QED) is 0.356. The fourth-order valence-corrected chi connectivity index (χ4v) is 4.47. The summed E-state index contributed by atoms with van der Waals surface area (Å²) in [5, 5.41) is 26.7. The molecule has 1 aliphatic rings. The van der Waals surface area contributed by atoms with E-state index in [0.29, 0.717) is 41.0 Å². The first-order valence-corrected chi connectivity index (χ1v) is 11.2. The molecule has 33 heavy (non-hydrogen) atoms. The Bertz CT molecular complexity index is 1340. The van der Waals surface area contributed by atoms with Gasteiger partial charge in [-0.25, -0.2) is 9.37 Å². The van der Waals surface area contributed by atoms with Gasteiger partial charge in [0.15, 0.2) is 11.6 Å². The summed E-state index contributed by atoms with van der Waals surface area (Å²) in [4.78, 5) is 10.1. The smallest absolute Gasteiger partial charge is 0.159 e. The number of H-pyrrole nitrogens is 2. The van der Waals surface area contributed by atoms with Crippen molar-refractivity contribution in [2.24, 2.45) is 0 Å². The maximum atomic E-state index is 15.5. The first-order valence-electron chi connectivity index (χ1n) is 11.2. The Kier molecular flexibility index (Phi) is 5.70. The van der Waals surface area contributed by atoms with Gasteiger partial charge >= 0.3 is 0 Å². The molecule has 170 valence electrons. The number of nitrogens with one attached hydrogen (secondary N) is 2. The molecule has 3 heterocycles. The van der Waals surface area contributed by atoms with Crippen LogP contribution in [0.1, 0.15) is 24.6 Å². The molecule has 7 nitrogen and oxygen atoms in total. The molecule has 0 amide bonds. The Balaban J connectivity index is 1.48. The minimum atomic E-state index is -0.377. The first kappa shape index (κ1) is 21.4. The number of aliphatic hydroxyl groups is 1. The van der Waals surface area contributed by atoms with Crippen LogP contribution in [0.5, 0.6) is 5.75 Å². The van der Waals surface area contributed by atoms with Gasteiger partial charge in [-0.15, -0.1) is 0 Å². The molecule has 0 unspecified atom stereocenters. The average Bonchev–Trinajstić information content (AvgIpc) is 3.48. The van der Waals surface area contributed by atoms with E-state index in [4.69, 9.17) is 10.1 Å². The zero-order valence-electron chi connectivity index (χ0n) is 18.4. The third-order valence-corrected chi connectivity index (χ3v) is 6.28. The Labute approximate surface area is 190 Å². The number of aromatic amines is 2. The Morgan fingerprint density at radius 1 is 1.18 bits per heavy atom. The van der Waals surface area contributed by atoms with Crippen molar-refractivity contribution >= 4 is 16.5 Å². The van der Waals surface area contributed by atoms with Crippen molar-refractivity contribution in [2.45, 2.75) is 19.8 Å². The van der Waals surface area contributed by atoms with Gasteiger partial charge in [0.05, 0.1) is 12.3 Å². The summed E-state index contributed by atoms with van der Waals surface area (Å²) in [7, 11) is 0. The maximum absolute atomic E-state index is 15.5. The minimum Gasteiger partial charge on any atom is -0.508 e. The van der Waals surface area contributed by atoms with Crippen LogP contribution in [-0.2, 0) is 6.42 Å². The predicted octanol–water partition coefficient (Wildman–Crippen LogP) is 4.11. The fourth-order valence-electron chi connectivity index (χ4n) is 4.47. The highest BCUT2D eigenvalue weighted by atomic mass is 19.1. The third-order valence-electron chi connectivity index (χ3n) is 6.28. The van der Waals surface area contributed by atoms with Gasteiger partial charge < -0.3 is 15.2 Å². The number of nitrogens with zero attached hydrogens (tertiary/aromatic N) is 3. The second-order valence-electron chi connectivity index (χ2n) is 8.25. The van der Waals surface area contributed by atoms with E-state index in [1.807, 2.05) is 19.2 Å². The molecule has 4 aromatic rings. The van der Waals surface area contributed by atoms with Crippen molar-refractivity contribution in [1.82, 2.24) is 25.1 Å². The Morgan fingerprint density at radius 3 is 2.79 bits per heavy atom. The molecular formula is C25H26FN5O2. The number of halogens is 1. The van der Waals surface area contributed by atoms with E-state index < -0.39 is 0 Å². The standard InChI is InChI=1S/C25H26FN5O2/c1-2-15-13-17(33)3-4-18(15)19-5-6-20-23(22(19)26)29-30-24(20)25-27-14-21(28-25)16-7-9-31(10-8-16)11-12-32/h3-7,13-14,32-33H,2,8-12H2,1H3,(H,27,28)(H,29,30). The monoisotopic (exact) mass is 447 g/mol. The van der Waals surface area contributed by atoms with E-state index in [0.717, 1.165) is 41.9 Å². The van der Waals surface area contributed by atoms with E-state index >= 15 is 4.39 Å². The summed E-state index contributed by atoms with van der Waals surface area (Å²) >= 11 is 0. The highest BCUT2D eigenvalue weighted by Gasteiger charge is 2.20. The summed E-state index contributed by atoms with van der Waals surface area (Å²) in [6.07, 6.45) is 5.53. The van der Waals surface area contributed by atoms with Crippen molar-refractivity contribution in [3.63, 3.8) is 0 Å². The van der Waals surface area contributed by atoms with Crippen LogP contribution in [0.2, 0.25) is 0 Å². The second-order valence-corrected chi connectivity index (χ2v) is 8.25. The lowest BCUT2D eigenvalue weighted by Crippen LogP contribution is -2.31. The molecule has 1 aliphatic heterocycles. The molecule has 0 saturated carbocycles. The summed E-state index contributed by atoms with van der Waals surface area (Å²) in [5.41, 5.74) is 5.01. The molecule has 0 radical (unpaired) electrons. The molecule has 2 aromatic carbocycles. The van der Waals surface area contributed by atoms with Crippen molar-refractivity contribution in [2.75, 3.05) is 26.2 Å². The normalized spacial score (nSPS) is 14.7.